The molecule has 1 amide bonds. The summed E-state index contributed by atoms with van der Waals surface area (Å²) in [6, 6.07) is 10.3. The van der Waals surface area contributed by atoms with Crippen molar-refractivity contribution in [1.29, 1.82) is 0 Å². The number of hydrazone groups is 1. The molecule has 0 aliphatic rings. The highest BCUT2D eigenvalue weighted by Crippen LogP contribution is 2.34. The number of methoxy groups -OCH3 is 1. The molecule has 2 aromatic rings. The summed E-state index contributed by atoms with van der Waals surface area (Å²) in [7, 11) is 1.45. The summed E-state index contributed by atoms with van der Waals surface area (Å²) in [5.41, 5.74) is 3.85. The zero-order valence-electron chi connectivity index (χ0n) is 12.7. The molecule has 3 N–H and O–H groups in total. The minimum absolute atomic E-state index is 0.00542. The number of phenolic OH excluding ortho intramolecular Hbond substituents is 1. The first-order valence-corrected chi connectivity index (χ1v) is 8.04. The number of hydrogen-bond donors (Lipinski definition) is 3. The highest BCUT2D eigenvalue weighted by Gasteiger charge is 2.07. The number of anilines is 1. The van der Waals surface area contributed by atoms with Gasteiger partial charge < -0.3 is 15.2 Å². The molecule has 6 nitrogen and oxygen atoms in total. The summed E-state index contributed by atoms with van der Waals surface area (Å²) >= 11 is 9.01. The van der Waals surface area contributed by atoms with Crippen molar-refractivity contribution in [3.63, 3.8) is 0 Å². The van der Waals surface area contributed by atoms with Crippen molar-refractivity contribution in [1.82, 2.24) is 5.43 Å². The predicted octanol–water partition coefficient (Wildman–Crippen LogP) is 3.38. The monoisotopic (exact) mass is 411 g/mol. The molecule has 0 radical (unpaired) electrons. The van der Waals surface area contributed by atoms with Crippen LogP contribution in [0.5, 0.6) is 11.5 Å². The van der Waals surface area contributed by atoms with E-state index in [0.717, 1.165) is 5.69 Å². The number of nitrogens with zero attached hydrogens (tertiary/aromatic N) is 1. The Bertz CT molecular complexity index is 751. The van der Waals surface area contributed by atoms with Crippen LogP contribution >= 0.6 is 27.5 Å². The number of nitrogens with one attached hydrogen (secondary N) is 2. The molecule has 8 heteroatoms. The summed E-state index contributed by atoms with van der Waals surface area (Å²) in [6.07, 6.45) is 1.45. The van der Waals surface area contributed by atoms with Crippen LogP contribution in [-0.2, 0) is 4.79 Å². The van der Waals surface area contributed by atoms with Crippen molar-refractivity contribution in [2.45, 2.75) is 0 Å². The molecular formula is C16H15BrClN3O3. The third kappa shape index (κ3) is 5.14. The van der Waals surface area contributed by atoms with E-state index in [1.807, 2.05) is 0 Å². The molecule has 0 heterocycles. The first-order chi connectivity index (χ1) is 11.5. The average Bonchev–Trinajstić information content (AvgIpc) is 2.57. The molecule has 0 saturated heterocycles. The third-order valence-electron chi connectivity index (χ3n) is 2.97. The van der Waals surface area contributed by atoms with E-state index in [2.05, 4.69) is 31.8 Å². The number of benzene rings is 2. The smallest absolute Gasteiger partial charge is 0.259 e. The minimum Gasteiger partial charge on any atom is -0.503 e. The second kappa shape index (κ2) is 8.56. The molecule has 2 aromatic carbocycles. The van der Waals surface area contributed by atoms with Crippen molar-refractivity contribution in [3.8, 4) is 11.5 Å². The van der Waals surface area contributed by atoms with Crippen LogP contribution in [0.3, 0.4) is 0 Å². The van der Waals surface area contributed by atoms with Gasteiger partial charge in [0.25, 0.3) is 5.91 Å². The first-order valence-electron chi connectivity index (χ1n) is 6.87. The fourth-order valence-corrected chi connectivity index (χ4v) is 2.38. The molecular weight excluding hydrogens is 398 g/mol. The normalized spacial score (nSPS) is 10.6. The molecule has 0 saturated carbocycles. The lowest BCUT2D eigenvalue weighted by atomic mass is 10.2. The maximum Gasteiger partial charge on any atom is 0.259 e. The van der Waals surface area contributed by atoms with E-state index < -0.39 is 0 Å². The number of aromatic hydroxyl groups is 1. The summed E-state index contributed by atoms with van der Waals surface area (Å²) in [5, 5.41) is 17.2. The first kappa shape index (κ1) is 18.1. The Morgan fingerprint density at radius 3 is 2.75 bits per heavy atom. The highest BCUT2D eigenvalue weighted by molar-refractivity contribution is 9.10. The van der Waals surface area contributed by atoms with E-state index in [4.69, 9.17) is 16.3 Å². The number of phenols is 1. The van der Waals surface area contributed by atoms with Crippen molar-refractivity contribution < 1.29 is 14.6 Å². The van der Waals surface area contributed by atoms with E-state index in [-0.39, 0.29) is 18.2 Å². The van der Waals surface area contributed by atoms with Gasteiger partial charge in [0.05, 0.1) is 24.3 Å². The van der Waals surface area contributed by atoms with Crippen LogP contribution in [0.1, 0.15) is 5.56 Å². The van der Waals surface area contributed by atoms with Crippen LogP contribution in [0, 0.1) is 0 Å². The fraction of sp³-hybridized carbons (Fsp3) is 0.125. The average molecular weight is 413 g/mol. The Labute approximate surface area is 152 Å². The minimum atomic E-state index is -0.300. The molecule has 0 aliphatic carbocycles. The number of hydrogen-bond acceptors (Lipinski definition) is 5. The fourth-order valence-electron chi connectivity index (χ4n) is 1.79. The van der Waals surface area contributed by atoms with Crippen molar-refractivity contribution in [2.24, 2.45) is 5.10 Å². The summed E-state index contributed by atoms with van der Waals surface area (Å²) in [6.45, 7) is 0.0710. The van der Waals surface area contributed by atoms with Gasteiger partial charge in [0.1, 0.15) is 0 Å². The lowest BCUT2D eigenvalue weighted by Gasteiger charge is -2.06. The largest absolute Gasteiger partial charge is 0.503 e. The van der Waals surface area contributed by atoms with Crippen LogP contribution in [0.4, 0.5) is 5.69 Å². The van der Waals surface area contributed by atoms with Crippen LogP contribution in [0.2, 0.25) is 5.02 Å². The molecule has 0 fully saturated rings. The van der Waals surface area contributed by atoms with Gasteiger partial charge in [-0.15, -0.1) is 0 Å². The zero-order valence-corrected chi connectivity index (χ0v) is 15.1. The Balaban J connectivity index is 1.88. The van der Waals surface area contributed by atoms with E-state index in [1.165, 1.54) is 13.3 Å². The Hall–Kier alpha value is -2.25. The summed E-state index contributed by atoms with van der Waals surface area (Å²) in [4.78, 5) is 11.7. The van der Waals surface area contributed by atoms with Gasteiger partial charge in [0.2, 0.25) is 0 Å². The Morgan fingerprint density at radius 2 is 2.08 bits per heavy atom. The number of halogens is 2. The van der Waals surface area contributed by atoms with Crippen LogP contribution < -0.4 is 15.5 Å². The predicted molar refractivity (Wildman–Crippen MR) is 98.0 cm³/mol. The van der Waals surface area contributed by atoms with Crippen LogP contribution in [-0.4, -0.2) is 30.9 Å². The van der Waals surface area contributed by atoms with E-state index >= 15 is 0 Å². The van der Waals surface area contributed by atoms with Gasteiger partial charge in [-0.1, -0.05) is 11.6 Å². The number of ether oxygens (including phenoxy) is 1. The van der Waals surface area contributed by atoms with E-state index in [0.29, 0.717) is 20.8 Å². The summed E-state index contributed by atoms with van der Waals surface area (Å²) in [5.74, 6) is 0.0124. The molecule has 2 rings (SSSR count). The van der Waals surface area contributed by atoms with Crippen LogP contribution in [0.15, 0.2) is 46.0 Å². The maximum absolute atomic E-state index is 11.7. The standard InChI is InChI=1S/C16H15BrClN3O3/c1-24-14-7-10(6-13(17)16(14)23)8-20-21-15(22)9-19-12-4-2-11(18)3-5-12/h2-8,19,23H,9H2,1H3,(H,21,22)/b20-8-. The molecule has 0 aliphatic heterocycles. The number of amides is 1. The molecule has 0 spiro atoms. The second-order valence-electron chi connectivity index (χ2n) is 4.71. The molecule has 0 unspecified atom stereocenters. The molecule has 24 heavy (non-hydrogen) atoms. The van der Waals surface area contributed by atoms with E-state index in [9.17, 15) is 9.90 Å². The van der Waals surface area contributed by atoms with Gasteiger partial charge in [0.15, 0.2) is 11.5 Å². The molecule has 126 valence electrons. The summed E-state index contributed by atoms with van der Waals surface area (Å²) < 4.78 is 5.51. The van der Waals surface area contributed by atoms with Gasteiger partial charge in [-0.25, -0.2) is 5.43 Å². The zero-order chi connectivity index (χ0) is 17.5. The highest BCUT2D eigenvalue weighted by atomic mass is 79.9. The second-order valence-corrected chi connectivity index (χ2v) is 6.00. The molecule has 0 aromatic heterocycles. The topological polar surface area (TPSA) is 83.0 Å². The van der Waals surface area contributed by atoms with Gasteiger partial charge in [0, 0.05) is 10.7 Å². The SMILES string of the molecule is COc1cc(/C=N\NC(=O)CNc2ccc(Cl)cc2)cc(Br)c1O. The van der Waals surface area contributed by atoms with Gasteiger partial charge in [-0.2, -0.15) is 5.10 Å². The molecule has 0 atom stereocenters. The third-order valence-corrected chi connectivity index (χ3v) is 3.83. The lowest BCUT2D eigenvalue weighted by molar-refractivity contribution is -0.119. The number of carbonyl (C=O) groups excluding carboxylic acids is 1. The Kier molecular flexibility index (Phi) is 6.45. The van der Waals surface area contributed by atoms with E-state index in [1.54, 1.807) is 36.4 Å². The van der Waals surface area contributed by atoms with Gasteiger partial charge in [-0.05, 0) is 57.9 Å². The maximum atomic E-state index is 11.7. The van der Waals surface area contributed by atoms with Crippen LogP contribution in [0.25, 0.3) is 0 Å². The van der Waals surface area contributed by atoms with Gasteiger partial charge in [-0.3, -0.25) is 4.79 Å². The van der Waals surface area contributed by atoms with Crippen molar-refractivity contribution in [2.75, 3.05) is 19.0 Å². The molecule has 0 bridgehead atoms. The van der Waals surface area contributed by atoms with Gasteiger partial charge >= 0.3 is 0 Å². The quantitative estimate of drug-likeness (QED) is 0.502. The number of rotatable bonds is 6. The number of carbonyl (C=O) groups is 1. The van der Waals surface area contributed by atoms with Crippen molar-refractivity contribution in [3.05, 3.63) is 51.5 Å². The van der Waals surface area contributed by atoms with Crippen molar-refractivity contribution >= 4 is 45.3 Å². The Morgan fingerprint density at radius 1 is 1.38 bits per heavy atom. The lowest BCUT2D eigenvalue weighted by Crippen LogP contribution is -2.25.